The minimum absolute atomic E-state index is 0.00432. The number of hydrogen-bond donors (Lipinski definition) is 0. The summed E-state index contributed by atoms with van der Waals surface area (Å²) >= 11 is 0. The molecule has 0 spiro atoms. The molecule has 0 saturated heterocycles. The second-order valence-corrected chi connectivity index (χ2v) is 6.47. The number of fused-ring (bicyclic) bond motifs is 2. The van der Waals surface area contributed by atoms with Gasteiger partial charge < -0.3 is 9.47 Å². The van der Waals surface area contributed by atoms with Crippen molar-refractivity contribution in [3.05, 3.63) is 12.2 Å². The lowest BCUT2D eigenvalue weighted by Crippen LogP contribution is -2.37. The van der Waals surface area contributed by atoms with Crippen LogP contribution in [-0.2, 0) is 23.9 Å². The molecule has 0 aromatic carbocycles. The van der Waals surface area contributed by atoms with Crippen molar-refractivity contribution >= 4 is 17.7 Å². The van der Waals surface area contributed by atoms with Gasteiger partial charge in [0.05, 0.1) is 12.0 Å². The number of hydrogen-bond acceptors (Lipinski definition) is 6. The summed E-state index contributed by atoms with van der Waals surface area (Å²) in [6.07, 6.45) is 1.35. The molecule has 0 amide bonds. The average molecular weight is 319 g/mol. The van der Waals surface area contributed by atoms with Gasteiger partial charge in [0, 0.05) is 30.8 Å². The topological polar surface area (TPSA) is 93.5 Å². The Bertz CT molecular complexity index is 576. The molecule has 124 valence electrons. The molecule has 2 bridgehead atoms. The van der Waals surface area contributed by atoms with E-state index < -0.39 is 18.0 Å². The lowest BCUT2D eigenvalue weighted by Gasteiger charge is -2.32. The van der Waals surface area contributed by atoms with Crippen LogP contribution in [0.1, 0.15) is 33.1 Å². The third-order valence-corrected chi connectivity index (χ3v) is 4.74. The molecule has 6 nitrogen and oxygen atoms in total. The molecule has 0 aromatic rings. The predicted octanol–water partition coefficient (Wildman–Crippen LogP) is 1.79. The van der Waals surface area contributed by atoms with Gasteiger partial charge in [0.1, 0.15) is 12.7 Å². The molecular weight excluding hydrogens is 298 g/mol. The van der Waals surface area contributed by atoms with Crippen LogP contribution in [-0.4, -0.2) is 30.4 Å². The third kappa shape index (κ3) is 3.79. The molecule has 0 aromatic heterocycles. The first kappa shape index (κ1) is 17.2. The molecule has 0 radical (unpaired) electrons. The van der Waals surface area contributed by atoms with Gasteiger partial charge in [-0.3, -0.25) is 9.59 Å². The molecule has 2 saturated carbocycles. The summed E-state index contributed by atoms with van der Waals surface area (Å²) in [6, 6.07) is 2.27. The van der Waals surface area contributed by atoms with Crippen LogP contribution >= 0.6 is 0 Å². The Morgan fingerprint density at radius 1 is 1.26 bits per heavy atom. The maximum atomic E-state index is 12.1. The monoisotopic (exact) mass is 319 g/mol. The highest BCUT2D eigenvalue weighted by Gasteiger charge is 2.54. The van der Waals surface area contributed by atoms with E-state index in [9.17, 15) is 19.6 Å². The molecule has 0 aliphatic heterocycles. The lowest BCUT2D eigenvalue weighted by atomic mass is 9.78. The quantitative estimate of drug-likeness (QED) is 0.547. The van der Waals surface area contributed by atoms with Gasteiger partial charge in [-0.1, -0.05) is 6.58 Å². The molecule has 2 rings (SSSR count). The molecule has 2 aliphatic carbocycles. The molecular formula is C17H21NO5. The second kappa shape index (κ2) is 6.95. The first-order chi connectivity index (χ1) is 10.8. The van der Waals surface area contributed by atoms with Gasteiger partial charge >= 0.3 is 11.9 Å². The average Bonchev–Trinajstić information content (AvgIpc) is 3.03. The molecule has 0 N–H and O–H groups in total. The number of rotatable bonds is 6. The molecule has 5 atom stereocenters. The molecule has 2 aliphatic rings. The first-order valence-corrected chi connectivity index (χ1v) is 7.74. The Morgan fingerprint density at radius 2 is 1.96 bits per heavy atom. The summed E-state index contributed by atoms with van der Waals surface area (Å²) in [5.41, 5.74) is 0.243. The van der Waals surface area contributed by atoms with Gasteiger partial charge in [-0.05, 0) is 25.7 Å². The van der Waals surface area contributed by atoms with Crippen molar-refractivity contribution in [2.75, 3.05) is 6.61 Å². The zero-order valence-electron chi connectivity index (χ0n) is 13.4. The van der Waals surface area contributed by atoms with E-state index in [-0.39, 0.29) is 48.1 Å². The van der Waals surface area contributed by atoms with Crippen LogP contribution in [0, 0.1) is 35.0 Å². The van der Waals surface area contributed by atoms with Gasteiger partial charge in [-0.2, -0.15) is 5.26 Å². The van der Waals surface area contributed by atoms with Gasteiger partial charge in [0.15, 0.2) is 5.78 Å². The van der Waals surface area contributed by atoms with E-state index in [2.05, 4.69) is 12.6 Å². The molecule has 2 fully saturated rings. The van der Waals surface area contributed by atoms with E-state index >= 15 is 0 Å². The van der Waals surface area contributed by atoms with Crippen LogP contribution in [0.4, 0.5) is 0 Å². The number of esters is 2. The minimum Gasteiger partial charge on any atom is -0.462 e. The summed E-state index contributed by atoms with van der Waals surface area (Å²) < 4.78 is 10.3. The smallest absolute Gasteiger partial charge is 0.333 e. The maximum Gasteiger partial charge on any atom is 0.333 e. The third-order valence-electron chi connectivity index (χ3n) is 4.74. The first-order valence-electron chi connectivity index (χ1n) is 7.74. The van der Waals surface area contributed by atoms with Crippen LogP contribution in [0.25, 0.3) is 0 Å². The summed E-state index contributed by atoms with van der Waals surface area (Å²) in [7, 11) is 0. The van der Waals surface area contributed by atoms with E-state index in [0.717, 1.165) is 12.8 Å². The summed E-state index contributed by atoms with van der Waals surface area (Å²) in [4.78, 5) is 34.7. The van der Waals surface area contributed by atoms with Crippen molar-refractivity contribution in [3.63, 3.8) is 0 Å². The Labute approximate surface area is 135 Å². The number of nitrogens with zero attached hydrogens (tertiary/aromatic N) is 1. The zero-order valence-corrected chi connectivity index (χ0v) is 13.4. The van der Waals surface area contributed by atoms with Crippen molar-refractivity contribution in [1.82, 2.24) is 0 Å². The second-order valence-electron chi connectivity index (χ2n) is 6.47. The summed E-state index contributed by atoms with van der Waals surface area (Å²) in [6.45, 7) is 6.01. The largest absolute Gasteiger partial charge is 0.462 e. The van der Waals surface area contributed by atoms with E-state index in [1.807, 2.05) is 0 Å². The van der Waals surface area contributed by atoms with Crippen LogP contribution in [0.15, 0.2) is 12.2 Å². The maximum absolute atomic E-state index is 12.1. The van der Waals surface area contributed by atoms with Crippen molar-refractivity contribution in [2.45, 2.75) is 39.2 Å². The standard InChI is InChI=1S/C17H21NO5/c1-9(2)17(21)22-8-13(20)6-15-11-4-12(7-18)14(5-11)16(15)23-10(3)19/h11-12,14-16H,1,4-6,8H2,2-3H3. The molecule has 23 heavy (non-hydrogen) atoms. The SMILES string of the molecule is C=C(C)C(=O)OCC(=O)CC1C2CC(C#N)C(C2)C1OC(C)=O. The van der Waals surface area contributed by atoms with Crippen molar-refractivity contribution in [2.24, 2.45) is 23.7 Å². The van der Waals surface area contributed by atoms with Gasteiger partial charge in [-0.15, -0.1) is 0 Å². The highest BCUT2D eigenvalue weighted by atomic mass is 16.5. The van der Waals surface area contributed by atoms with Crippen LogP contribution < -0.4 is 0 Å². The molecule has 6 heteroatoms. The van der Waals surface area contributed by atoms with Crippen molar-refractivity contribution in [3.8, 4) is 6.07 Å². The van der Waals surface area contributed by atoms with Crippen molar-refractivity contribution in [1.29, 1.82) is 5.26 Å². The fourth-order valence-corrected chi connectivity index (χ4v) is 3.80. The molecule has 0 heterocycles. The summed E-state index contributed by atoms with van der Waals surface area (Å²) in [5, 5.41) is 9.18. The van der Waals surface area contributed by atoms with E-state index in [0.29, 0.717) is 0 Å². The fourth-order valence-electron chi connectivity index (χ4n) is 3.80. The number of carbonyl (C=O) groups is 3. The van der Waals surface area contributed by atoms with E-state index in [4.69, 9.17) is 9.47 Å². The zero-order chi connectivity index (χ0) is 17.1. The fraction of sp³-hybridized carbons (Fsp3) is 0.647. The number of ketones is 1. The Kier molecular flexibility index (Phi) is 5.19. The number of ether oxygens (including phenoxy) is 2. The van der Waals surface area contributed by atoms with Crippen LogP contribution in [0.3, 0.4) is 0 Å². The highest BCUT2D eigenvalue weighted by Crippen LogP contribution is 2.54. The Hall–Kier alpha value is -2.16. The van der Waals surface area contributed by atoms with E-state index in [1.54, 1.807) is 0 Å². The predicted molar refractivity (Wildman–Crippen MR) is 79.8 cm³/mol. The van der Waals surface area contributed by atoms with E-state index in [1.165, 1.54) is 13.8 Å². The van der Waals surface area contributed by atoms with Gasteiger partial charge in [0.2, 0.25) is 0 Å². The minimum atomic E-state index is -0.590. The Balaban J connectivity index is 1.97. The number of nitriles is 1. The number of carbonyl (C=O) groups excluding carboxylic acids is 3. The normalized spacial score (nSPS) is 31.3. The highest BCUT2D eigenvalue weighted by molar-refractivity contribution is 5.89. The van der Waals surface area contributed by atoms with Crippen molar-refractivity contribution < 1.29 is 23.9 Å². The van der Waals surface area contributed by atoms with Crippen LogP contribution in [0.2, 0.25) is 0 Å². The lowest BCUT2D eigenvalue weighted by molar-refractivity contribution is -0.154. The molecule has 5 unspecified atom stereocenters. The van der Waals surface area contributed by atoms with Gasteiger partial charge in [-0.25, -0.2) is 4.79 Å². The Morgan fingerprint density at radius 3 is 2.52 bits per heavy atom. The van der Waals surface area contributed by atoms with Gasteiger partial charge in [0.25, 0.3) is 0 Å². The number of Topliss-reactive ketones (excluding diaryl/α,β-unsaturated/α-hetero) is 1. The summed E-state index contributed by atoms with van der Waals surface area (Å²) in [5.74, 6) is -1.19. The van der Waals surface area contributed by atoms with Crippen LogP contribution in [0.5, 0.6) is 0 Å².